The fourth-order valence-electron chi connectivity index (χ4n) is 6.68. The molecule has 2 heterocycles. The van der Waals surface area contributed by atoms with Crippen LogP contribution in [0.15, 0.2) is 12.7 Å². The summed E-state index contributed by atoms with van der Waals surface area (Å²) in [6.45, 7) is 18.9. The van der Waals surface area contributed by atoms with E-state index in [0.717, 1.165) is 17.7 Å². The Labute approximate surface area is 290 Å². The molecular weight excluding hydrogens is 630 g/mol. The second-order valence-corrected chi connectivity index (χ2v) is 16.2. The van der Waals surface area contributed by atoms with Gasteiger partial charge in [0.1, 0.15) is 12.1 Å². The number of likely N-dealkylation sites (N-methyl/N-ethyl adjacent to an activating group) is 1. The zero-order valence-corrected chi connectivity index (χ0v) is 30.7. The molecule has 0 spiro atoms. The summed E-state index contributed by atoms with van der Waals surface area (Å²) in [6, 6.07) is -4.67. The van der Waals surface area contributed by atoms with Crippen molar-refractivity contribution in [2.75, 3.05) is 33.2 Å². The normalized spacial score (nSPS) is 21.5. The van der Waals surface area contributed by atoms with E-state index in [9.17, 15) is 33.6 Å². The van der Waals surface area contributed by atoms with E-state index in [2.05, 4.69) is 27.8 Å². The van der Waals surface area contributed by atoms with Gasteiger partial charge < -0.3 is 31.1 Å². The minimum absolute atomic E-state index is 0.0224. The maximum Gasteiger partial charge on any atom is 0.324 e. The lowest BCUT2D eigenvalue weighted by Gasteiger charge is -2.42. The Bertz CT molecular complexity index is 1300. The van der Waals surface area contributed by atoms with E-state index in [1.54, 1.807) is 0 Å². The van der Waals surface area contributed by atoms with Crippen LogP contribution in [0.1, 0.15) is 81.1 Å². The summed E-state index contributed by atoms with van der Waals surface area (Å²) in [5.41, 5.74) is -1.32. The molecular formula is C35H57N7O7. The number of urea groups is 2. The zero-order valence-electron chi connectivity index (χ0n) is 30.7. The van der Waals surface area contributed by atoms with E-state index in [1.165, 1.54) is 22.9 Å². The van der Waals surface area contributed by atoms with Crippen molar-refractivity contribution < 1.29 is 33.6 Å². The van der Waals surface area contributed by atoms with Gasteiger partial charge in [-0.25, -0.2) is 9.59 Å². The van der Waals surface area contributed by atoms with Gasteiger partial charge in [0, 0.05) is 20.1 Å². The van der Waals surface area contributed by atoms with Gasteiger partial charge in [0.05, 0.1) is 25.2 Å². The predicted molar refractivity (Wildman–Crippen MR) is 184 cm³/mol. The summed E-state index contributed by atoms with van der Waals surface area (Å²) >= 11 is 0. The summed E-state index contributed by atoms with van der Waals surface area (Å²) in [7, 11) is 1.52. The van der Waals surface area contributed by atoms with E-state index in [0.29, 0.717) is 12.8 Å². The third-order valence-corrected chi connectivity index (χ3v) is 9.79. The summed E-state index contributed by atoms with van der Waals surface area (Å²) in [6.07, 6.45) is 4.18. The highest BCUT2D eigenvalue weighted by molar-refractivity contribution is 6.38. The second kappa shape index (κ2) is 15.7. The van der Waals surface area contributed by atoms with Gasteiger partial charge in [-0.15, -0.1) is 6.58 Å². The fraction of sp³-hybridized carbons (Fsp3) is 0.743. The summed E-state index contributed by atoms with van der Waals surface area (Å²) in [5.74, 6) is -2.79. The topological polar surface area (TPSA) is 177 Å². The smallest absolute Gasteiger partial charge is 0.324 e. The van der Waals surface area contributed by atoms with Crippen LogP contribution in [0.2, 0.25) is 0 Å². The zero-order chi connectivity index (χ0) is 37.0. The van der Waals surface area contributed by atoms with Gasteiger partial charge in [-0.05, 0) is 41.4 Å². The van der Waals surface area contributed by atoms with Crippen molar-refractivity contribution in [2.24, 2.45) is 28.6 Å². The van der Waals surface area contributed by atoms with Crippen molar-refractivity contribution in [3.8, 4) is 0 Å². The number of hydrogen-bond acceptors (Lipinski definition) is 7. The van der Waals surface area contributed by atoms with Crippen LogP contribution in [0.25, 0.3) is 0 Å². The number of imide groups is 1. The van der Waals surface area contributed by atoms with Crippen molar-refractivity contribution in [2.45, 2.75) is 105 Å². The number of rotatable bonds is 14. The number of carbonyl (C=O) groups excluding carboxylic acids is 7. The van der Waals surface area contributed by atoms with Crippen LogP contribution in [0.4, 0.5) is 9.59 Å². The number of hydrogen-bond donors (Lipinski definition) is 4. The molecule has 0 aromatic rings. The average Bonchev–Trinajstić information content (AvgIpc) is 3.60. The highest BCUT2D eigenvalue weighted by Gasteiger charge is 2.49. The van der Waals surface area contributed by atoms with Gasteiger partial charge in [-0.1, -0.05) is 74.3 Å². The highest BCUT2D eigenvalue weighted by Crippen LogP contribution is 2.36. The first kappa shape index (κ1) is 39.5. The molecule has 0 aromatic heterocycles. The fourth-order valence-corrected chi connectivity index (χ4v) is 6.68. The third-order valence-electron chi connectivity index (χ3n) is 9.79. The van der Waals surface area contributed by atoms with Crippen molar-refractivity contribution >= 4 is 41.5 Å². The van der Waals surface area contributed by atoms with Gasteiger partial charge in [0.25, 0.3) is 5.91 Å². The van der Waals surface area contributed by atoms with Gasteiger partial charge in [0.2, 0.25) is 23.5 Å². The van der Waals surface area contributed by atoms with Gasteiger partial charge in [-0.3, -0.25) is 28.9 Å². The second-order valence-electron chi connectivity index (χ2n) is 16.2. The molecule has 4 N–H and O–H groups in total. The molecule has 49 heavy (non-hydrogen) atoms. The van der Waals surface area contributed by atoms with Crippen LogP contribution in [-0.2, 0) is 24.0 Å². The first-order valence-corrected chi connectivity index (χ1v) is 17.3. The Kier molecular flexibility index (Phi) is 12.7. The van der Waals surface area contributed by atoms with Gasteiger partial charge >= 0.3 is 12.1 Å². The van der Waals surface area contributed by atoms with Crippen molar-refractivity contribution in [3.05, 3.63) is 12.7 Å². The number of carbonyl (C=O) groups is 7. The third kappa shape index (κ3) is 9.81. The molecule has 1 saturated carbocycles. The summed E-state index contributed by atoms with van der Waals surface area (Å²) in [4.78, 5) is 96.9. The Balaban J connectivity index is 1.87. The van der Waals surface area contributed by atoms with Crippen molar-refractivity contribution in [1.29, 1.82) is 0 Å². The van der Waals surface area contributed by atoms with Crippen LogP contribution < -0.4 is 21.3 Å². The maximum atomic E-state index is 14.6. The van der Waals surface area contributed by atoms with Gasteiger partial charge in [-0.2, -0.15) is 0 Å². The van der Waals surface area contributed by atoms with E-state index in [4.69, 9.17) is 0 Å². The predicted octanol–water partition coefficient (Wildman–Crippen LogP) is 2.04. The standard InChI is InChI=1S/C35H57N7O7/c1-11-15-36-30(46)27(44)23(17-21-12-13-21)38-29(45)26-22(20(2)3)14-16-41(26)31(47)28(35(7,8)9)40(10)33(49)39-24(34(4,5)6)19-42-25(43)18-37-32(42)48/h11,20-24,26,28H,1,12-19H2,2-10H3,(H,36,46)(H,37,48)(H,38,45)(H,39,49)/t22?,23?,24-,26+,28-/m1/s1. The first-order valence-electron chi connectivity index (χ1n) is 17.3. The maximum absolute atomic E-state index is 14.6. The quantitative estimate of drug-likeness (QED) is 0.123. The molecule has 0 aromatic carbocycles. The van der Waals surface area contributed by atoms with Crippen LogP contribution in [-0.4, -0.2) is 114 Å². The highest BCUT2D eigenvalue weighted by atomic mass is 16.2. The molecule has 274 valence electrons. The van der Waals surface area contributed by atoms with Crippen LogP contribution in [0, 0.1) is 28.6 Å². The number of ketones is 1. The molecule has 14 nitrogen and oxygen atoms in total. The number of nitrogens with one attached hydrogen (secondary N) is 4. The van der Waals surface area contributed by atoms with E-state index in [1.807, 2.05) is 55.4 Å². The van der Waals surface area contributed by atoms with Crippen molar-refractivity contribution in [3.63, 3.8) is 0 Å². The molecule has 0 bridgehead atoms. The molecule has 0 radical (unpaired) electrons. The van der Waals surface area contributed by atoms with Crippen LogP contribution >= 0.6 is 0 Å². The number of Topliss-reactive ketones (excluding diaryl/α,β-unsaturated/α-hetero) is 1. The van der Waals surface area contributed by atoms with E-state index >= 15 is 0 Å². The molecule has 2 unspecified atom stereocenters. The van der Waals surface area contributed by atoms with E-state index in [-0.39, 0.29) is 49.8 Å². The van der Waals surface area contributed by atoms with Crippen molar-refractivity contribution in [1.82, 2.24) is 36.0 Å². The minimum atomic E-state index is -1.03. The first-order chi connectivity index (χ1) is 22.7. The van der Waals surface area contributed by atoms with Crippen LogP contribution in [0.5, 0.6) is 0 Å². The lowest BCUT2D eigenvalue weighted by atomic mass is 9.83. The monoisotopic (exact) mass is 687 g/mol. The Morgan fingerprint density at radius 3 is 2.12 bits per heavy atom. The Morgan fingerprint density at radius 1 is 1.00 bits per heavy atom. The largest absolute Gasteiger partial charge is 0.346 e. The van der Waals surface area contributed by atoms with Gasteiger partial charge in [0.15, 0.2) is 0 Å². The number of likely N-dealkylation sites (tertiary alicyclic amines) is 1. The molecule has 8 amide bonds. The Hall–Kier alpha value is -3.97. The summed E-state index contributed by atoms with van der Waals surface area (Å²) in [5, 5.41) is 10.8. The lowest BCUT2D eigenvalue weighted by Crippen LogP contribution is -2.62. The molecule has 3 aliphatic rings. The SMILES string of the molecule is C=CCNC(=O)C(=O)C(CC1CC1)NC(=O)[C@@H]1C(C(C)C)CCN1C(=O)[C@@H](N(C)C(=O)N[C@H](CN1C(=O)CNC1=O)C(C)(C)C)C(C)(C)C. The molecule has 2 aliphatic heterocycles. The summed E-state index contributed by atoms with van der Waals surface area (Å²) < 4.78 is 0. The molecule has 1 aliphatic carbocycles. The molecule has 5 atom stereocenters. The average molecular weight is 688 g/mol. The molecule has 2 saturated heterocycles. The Morgan fingerprint density at radius 2 is 1.63 bits per heavy atom. The molecule has 3 rings (SSSR count). The number of nitrogens with zero attached hydrogens (tertiary/aromatic N) is 3. The molecule has 3 fully saturated rings. The molecule has 14 heteroatoms. The minimum Gasteiger partial charge on any atom is -0.346 e. The number of amides is 8. The van der Waals surface area contributed by atoms with Crippen LogP contribution in [0.3, 0.4) is 0 Å². The lowest BCUT2D eigenvalue weighted by molar-refractivity contribution is -0.146. The van der Waals surface area contributed by atoms with E-state index < -0.39 is 70.6 Å².